The molecule has 2 heteroatoms. The van der Waals surface area contributed by atoms with Gasteiger partial charge in [-0.05, 0) is 30.7 Å². The Kier molecular flexibility index (Phi) is 3.13. The molecule has 72 valence electrons. The summed E-state index contributed by atoms with van der Waals surface area (Å²) >= 11 is 0. The van der Waals surface area contributed by atoms with Crippen molar-refractivity contribution in [2.45, 2.75) is 39.7 Å². The molecule has 1 fully saturated rings. The number of nitrogens with one attached hydrogen (secondary N) is 1. The highest BCUT2D eigenvalue weighted by Crippen LogP contribution is 2.27. The van der Waals surface area contributed by atoms with E-state index in [1.807, 2.05) is 0 Å². The van der Waals surface area contributed by atoms with Crippen LogP contribution in [-0.4, -0.2) is 24.3 Å². The van der Waals surface area contributed by atoms with Crippen LogP contribution in [0.1, 0.15) is 33.6 Å². The summed E-state index contributed by atoms with van der Waals surface area (Å²) in [5.74, 6) is 0.490. The van der Waals surface area contributed by atoms with E-state index in [-0.39, 0.29) is 0 Å². The lowest BCUT2D eigenvalue weighted by Crippen LogP contribution is -2.32. The maximum atomic E-state index is 9.09. The fourth-order valence-corrected chi connectivity index (χ4v) is 1.94. The zero-order valence-corrected chi connectivity index (χ0v) is 8.43. The van der Waals surface area contributed by atoms with Crippen LogP contribution in [0.2, 0.25) is 0 Å². The molecule has 1 saturated heterocycles. The average molecular weight is 171 g/mol. The molecule has 12 heavy (non-hydrogen) atoms. The van der Waals surface area contributed by atoms with Crippen LogP contribution in [0.4, 0.5) is 0 Å². The van der Waals surface area contributed by atoms with Gasteiger partial charge in [-0.3, -0.25) is 0 Å². The lowest BCUT2D eigenvalue weighted by Gasteiger charge is -2.26. The van der Waals surface area contributed by atoms with E-state index in [1.165, 1.54) is 0 Å². The quantitative estimate of drug-likeness (QED) is 0.658. The van der Waals surface area contributed by atoms with Gasteiger partial charge in [-0.2, -0.15) is 0 Å². The molecule has 2 atom stereocenters. The van der Waals surface area contributed by atoms with E-state index in [9.17, 15) is 0 Å². The molecule has 2 unspecified atom stereocenters. The molecule has 2 N–H and O–H groups in total. The summed E-state index contributed by atoms with van der Waals surface area (Å²) in [7, 11) is 0. The van der Waals surface area contributed by atoms with E-state index in [0.29, 0.717) is 24.0 Å². The van der Waals surface area contributed by atoms with Crippen molar-refractivity contribution >= 4 is 0 Å². The number of hydrogen-bond acceptors (Lipinski definition) is 2. The van der Waals surface area contributed by atoms with Crippen molar-refractivity contribution in [1.82, 2.24) is 5.32 Å². The molecule has 0 aliphatic carbocycles. The predicted octanol–water partition coefficient (Wildman–Crippen LogP) is 1.39. The summed E-state index contributed by atoms with van der Waals surface area (Å²) in [5, 5.41) is 12.5. The molecule has 0 bridgehead atoms. The summed E-state index contributed by atoms with van der Waals surface area (Å²) in [6.45, 7) is 8.17. The van der Waals surface area contributed by atoms with Crippen molar-refractivity contribution in [2.75, 3.05) is 13.2 Å². The second kappa shape index (κ2) is 3.75. The van der Waals surface area contributed by atoms with Gasteiger partial charge in [-0.1, -0.05) is 20.8 Å². The second-order valence-corrected chi connectivity index (χ2v) is 5.06. The molecule has 0 radical (unpaired) electrons. The largest absolute Gasteiger partial charge is 0.396 e. The maximum Gasteiger partial charge on any atom is 0.0474 e. The molecular weight excluding hydrogens is 150 g/mol. The zero-order valence-electron chi connectivity index (χ0n) is 8.43. The molecule has 2 nitrogen and oxygen atoms in total. The molecule has 0 aromatic heterocycles. The normalized spacial score (nSPS) is 31.0. The third kappa shape index (κ3) is 2.76. The average Bonchev–Trinajstić information content (AvgIpc) is 2.31. The highest BCUT2D eigenvalue weighted by Gasteiger charge is 2.29. The third-order valence-corrected chi connectivity index (χ3v) is 2.56. The molecule has 0 spiro atoms. The van der Waals surface area contributed by atoms with Crippen molar-refractivity contribution in [1.29, 1.82) is 0 Å². The van der Waals surface area contributed by atoms with Crippen molar-refractivity contribution in [2.24, 2.45) is 11.3 Å². The first-order chi connectivity index (χ1) is 5.53. The smallest absolute Gasteiger partial charge is 0.0474 e. The molecule has 1 aliphatic heterocycles. The summed E-state index contributed by atoms with van der Waals surface area (Å²) in [6, 6.07) is 0.537. The van der Waals surface area contributed by atoms with Gasteiger partial charge < -0.3 is 10.4 Å². The Bertz CT molecular complexity index is 139. The number of aliphatic hydroxyl groups is 1. The number of rotatable bonds is 2. The van der Waals surface area contributed by atoms with E-state index in [0.717, 1.165) is 19.4 Å². The lowest BCUT2D eigenvalue weighted by atomic mass is 9.84. The van der Waals surface area contributed by atoms with E-state index in [1.54, 1.807) is 0 Å². The van der Waals surface area contributed by atoms with Crippen molar-refractivity contribution < 1.29 is 5.11 Å². The Balaban J connectivity index is 2.41. The van der Waals surface area contributed by atoms with E-state index in [2.05, 4.69) is 26.1 Å². The SMILES string of the molecule is CC(C)(C)CC1NCCC1CO. The van der Waals surface area contributed by atoms with Gasteiger partial charge in [0.15, 0.2) is 0 Å². The van der Waals surface area contributed by atoms with Gasteiger partial charge in [-0.15, -0.1) is 0 Å². The fraction of sp³-hybridized carbons (Fsp3) is 1.00. The van der Waals surface area contributed by atoms with Crippen LogP contribution >= 0.6 is 0 Å². The molecule has 1 heterocycles. The standard InChI is InChI=1S/C10H21NO/c1-10(2,3)6-9-8(7-12)4-5-11-9/h8-9,11-12H,4-7H2,1-3H3. The first kappa shape index (κ1) is 10.0. The third-order valence-electron chi connectivity index (χ3n) is 2.56. The van der Waals surface area contributed by atoms with E-state index >= 15 is 0 Å². The van der Waals surface area contributed by atoms with Crippen molar-refractivity contribution in [3.63, 3.8) is 0 Å². The Morgan fingerprint density at radius 3 is 2.58 bits per heavy atom. The molecule has 0 amide bonds. The maximum absolute atomic E-state index is 9.09. The summed E-state index contributed by atoms with van der Waals surface area (Å²) in [4.78, 5) is 0. The van der Waals surface area contributed by atoms with Gasteiger partial charge in [0.05, 0.1) is 0 Å². The highest BCUT2D eigenvalue weighted by atomic mass is 16.3. The highest BCUT2D eigenvalue weighted by molar-refractivity contribution is 4.86. The first-order valence-corrected chi connectivity index (χ1v) is 4.87. The van der Waals surface area contributed by atoms with Crippen LogP contribution in [0.3, 0.4) is 0 Å². The minimum atomic E-state index is 0.341. The van der Waals surface area contributed by atoms with E-state index < -0.39 is 0 Å². The molecule has 0 aromatic carbocycles. The fourth-order valence-electron chi connectivity index (χ4n) is 1.94. The molecule has 0 aromatic rings. The van der Waals surface area contributed by atoms with Gasteiger partial charge in [0.25, 0.3) is 0 Å². The van der Waals surface area contributed by atoms with Gasteiger partial charge in [0, 0.05) is 12.6 Å². The lowest BCUT2D eigenvalue weighted by molar-refractivity contribution is 0.189. The Hall–Kier alpha value is -0.0800. The number of aliphatic hydroxyl groups excluding tert-OH is 1. The van der Waals surface area contributed by atoms with Crippen LogP contribution in [0.5, 0.6) is 0 Å². The number of hydrogen-bond donors (Lipinski definition) is 2. The van der Waals surface area contributed by atoms with Crippen LogP contribution in [0.15, 0.2) is 0 Å². The van der Waals surface area contributed by atoms with Crippen molar-refractivity contribution in [3.05, 3.63) is 0 Å². The Morgan fingerprint density at radius 1 is 1.42 bits per heavy atom. The predicted molar refractivity (Wildman–Crippen MR) is 51.1 cm³/mol. The van der Waals surface area contributed by atoms with E-state index in [4.69, 9.17) is 5.11 Å². The molecular formula is C10H21NO. The van der Waals surface area contributed by atoms with Gasteiger partial charge in [0.2, 0.25) is 0 Å². The molecule has 1 rings (SSSR count). The minimum Gasteiger partial charge on any atom is -0.396 e. The summed E-state index contributed by atoms with van der Waals surface area (Å²) in [6.07, 6.45) is 2.30. The first-order valence-electron chi connectivity index (χ1n) is 4.87. The Morgan fingerprint density at radius 2 is 2.08 bits per heavy atom. The monoisotopic (exact) mass is 171 g/mol. The minimum absolute atomic E-state index is 0.341. The van der Waals surface area contributed by atoms with Gasteiger partial charge >= 0.3 is 0 Å². The van der Waals surface area contributed by atoms with Crippen LogP contribution < -0.4 is 5.32 Å². The summed E-state index contributed by atoms with van der Waals surface area (Å²) < 4.78 is 0. The van der Waals surface area contributed by atoms with Gasteiger partial charge in [-0.25, -0.2) is 0 Å². The van der Waals surface area contributed by atoms with Crippen LogP contribution in [0.25, 0.3) is 0 Å². The zero-order chi connectivity index (χ0) is 9.19. The van der Waals surface area contributed by atoms with Crippen LogP contribution in [-0.2, 0) is 0 Å². The van der Waals surface area contributed by atoms with Crippen molar-refractivity contribution in [3.8, 4) is 0 Å². The second-order valence-electron chi connectivity index (χ2n) is 5.06. The van der Waals surface area contributed by atoms with Crippen LogP contribution in [0, 0.1) is 11.3 Å². The molecule has 0 saturated carbocycles. The van der Waals surface area contributed by atoms with Gasteiger partial charge in [0.1, 0.15) is 0 Å². The molecule has 1 aliphatic rings. The summed E-state index contributed by atoms with van der Waals surface area (Å²) in [5.41, 5.74) is 0.370. The Labute approximate surface area is 75.4 Å². The topological polar surface area (TPSA) is 32.3 Å².